The number of alkyl halides is 3. The summed E-state index contributed by atoms with van der Waals surface area (Å²) in [5.41, 5.74) is 4.44. The van der Waals surface area contributed by atoms with E-state index < -0.39 is 12.6 Å². The molecule has 1 aromatic carbocycles. The van der Waals surface area contributed by atoms with Crippen molar-refractivity contribution >= 4 is 29.2 Å². The molecule has 0 fully saturated rings. The Morgan fingerprint density at radius 1 is 1.07 bits per heavy atom. The van der Waals surface area contributed by atoms with Gasteiger partial charge in [-0.3, -0.25) is 15.0 Å². The molecule has 256 valence electrons. The molecule has 1 atom stereocenters. The first-order valence-electron chi connectivity index (χ1n) is 15.8. The van der Waals surface area contributed by atoms with Crippen molar-refractivity contribution in [1.82, 2.24) is 14.8 Å². The largest absolute Gasteiger partial charge is 0.390 e. The number of methoxy groups -OCH3 is 1. The number of aromatic nitrogens is 1. The lowest BCUT2D eigenvalue weighted by Gasteiger charge is -2.25. The van der Waals surface area contributed by atoms with Crippen LogP contribution in [0.15, 0.2) is 28.1 Å². The van der Waals surface area contributed by atoms with Gasteiger partial charge < -0.3 is 19.5 Å². The van der Waals surface area contributed by atoms with Gasteiger partial charge in [0.2, 0.25) is 0 Å². The number of nitrogens with zero attached hydrogens (tertiary/aromatic N) is 3. The fraction of sp³-hybridized carbons (Fsp3) is 0.667. The fourth-order valence-electron chi connectivity index (χ4n) is 3.64. The molecule has 2 rings (SSSR count). The summed E-state index contributed by atoms with van der Waals surface area (Å²) in [6.45, 7) is 25.2. The average Bonchev–Trinajstić information content (AvgIpc) is 3.01. The van der Waals surface area contributed by atoms with E-state index in [1.54, 1.807) is 43.0 Å². The Hall–Kier alpha value is -2.92. The highest BCUT2D eigenvalue weighted by Gasteiger charge is 2.27. The Kier molecular flexibility index (Phi) is 27.4. The van der Waals surface area contributed by atoms with Gasteiger partial charge in [0.05, 0.1) is 17.6 Å². The summed E-state index contributed by atoms with van der Waals surface area (Å²) in [4.78, 5) is 30.8. The van der Waals surface area contributed by atoms with Crippen LogP contribution in [0.2, 0.25) is 0 Å². The number of carbonyl (C=O) groups is 1. The minimum atomic E-state index is -4.20. The predicted octanol–water partition coefficient (Wildman–Crippen LogP) is 8.36. The van der Waals surface area contributed by atoms with Crippen molar-refractivity contribution < 1.29 is 22.7 Å². The lowest BCUT2D eigenvalue weighted by molar-refractivity contribution is -0.137. The molecule has 0 radical (unpaired) electrons. The number of halogens is 3. The van der Waals surface area contributed by atoms with Gasteiger partial charge in [-0.2, -0.15) is 18.3 Å². The molecule has 8 nitrogen and oxygen atoms in total. The Balaban J connectivity index is -0.00000102. The molecule has 0 saturated carbocycles. The maximum atomic E-state index is 13.1. The summed E-state index contributed by atoms with van der Waals surface area (Å²) >= 11 is 0. The lowest BCUT2D eigenvalue weighted by Crippen LogP contribution is -2.38. The second-order valence-electron chi connectivity index (χ2n) is 9.38. The Bertz CT molecular complexity index is 1090. The molecule has 0 spiro atoms. The van der Waals surface area contributed by atoms with Gasteiger partial charge in [-0.1, -0.05) is 61.8 Å². The van der Waals surface area contributed by atoms with E-state index in [0.717, 1.165) is 12.5 Å². The van der Waals surface area contributed by atoms with E-state index in [9.17, 15) is 22.8 Å². The molecule has 0 aliphatic heterocycles. The zero-order chi connectivity index (χ0) is 34.9. The minimum absolute atomic E-state index is 0.124. The van der Waals surface area contributed by atoms with E-state index in [0.29, 0.717) is 47.4 Å². The van der Waals surface area contributed by atoms with Crippen LogP contribution in [0.25, 0.3) is 10.9 Å². The summed E-state index contributed by atoms with van der Waals surface area (Å²) in [6, 6.07) is 4.71. The van der Waals surface area contributed by atoms with E-state index in [1.165, 1.54) is 18.9 Å². The Morgan fingerprint density at radius 3 is 2.14 bits per heavy atom. The highest BCUT2D eigenvalue weighted by Crippen LogP contribution is 2.25. The number of aryl methyl sites for hydroxylation is 1. The van der Waals surface area contributed by atoms with Crippen LogP contribution in [-0.4, -0.2) is 80.5 Å². The summed E-state index contributed by atoms with van der Waals surface area (Å²) < 4.78 is 42.1. The molecule has 0 aliphatic carbocycles. The fourth-order valence-corrected chi connectivity index (χ4v) is 3.64. The molecule has 1 unspecified atom stereocenters. The smallest absolute Gasteiger partial charge is 0.385 e. The number of likely N-dealkylation sites (N-methyl/N-ethyl adjacent to an activating group) is 2. The van der Waals surface area contributed by atoms with Crippen LogP contribution >= 0.6 is 0 Å². The lowest BCUT2D eigenvalue weighted by atomic mass is 10.0. The molecule has 2 aromatic rings. The third-order valence-corrected chi connectivity index (χ3v) is 6.33. The van der Waals surface area contributed by atoms with Gasteiger partial charge in [-0.05, 0) is 50.9 Å². The average molecular weight is 632 g/mol. The molecular formula is C33H60F3N5O3. The van der Waals surface area contributed by atoms with E-state index in [-0.39, 0.29) is 18.0 Å². The summed E-state index contributed by atoms with van der Waals surface area (Å²) in [6.07, 6.45) is -2.63. The van der Waals surface area contributed by atoms with Gasteiger partial charge in [-0.15, -0.1) is 0 Å². The molecule has 1 heterocycles. The van der Waals surface area contributed by atoms with Crippen LogP contribution in [0.1, 0.15) is 97.5 Å². The van der Waals surface area contributed by atoms with Gasteiger partial charge >= 0.3 is 6.18 Å². The second kappa shape index (κ2) is 26.5. The quantitative estimate of drug-likeness (QED) is 0.171. The van der Waals surface area contributed by atoms with Gasteiger partial charge in [-0.25, -0.2) is 0 Å². The zero-order valence-corrected chi connectivity index (χ0v) is 29.4. The number of amides is 1. The molecule has 11 heteroatoms. The number of benzene rings is 1. The number of hydrogen-bond donors (Lipinski definition) is 2. The zero-order valence-electron chi connectivity index (χ0n) is 29.4. The van der Waals surface area contributed by atoms with Crippen LogP contribution in [0.5, 0.6) is 0 Å². The number of anilines is 1. The maximum Gasteiger partial charge on any atom is 0.390 e. The van der Waals surface area contributed by atoms with Crippen molar-refractivity contribution in [3.05, 3.63) is 39.7 Å². The maximum absolute atomic E-state index is 13.1. The van der Waals surface area contributed by atoms with Gasteiger partial charge in [0.15, 0.2) is 0 Å². The summed E-state index contributed by atoms with van der Waals surface area (Å²) in [5, 5.41) is 4.20. The summed E-state index contributed by atoms with van der Waals surface area (Å²) in [7, 11) is 3.35. The molecule has 1 aromatic heterocycles. The highest BCUT2D eigenvalue weighted by atomic mass is 19.4. The summed E-state index contributed by atoms with van der Waals surface area (Å²) in [5.74, 6) is 0.597. The molecular weight excluding hydrogens is 571 g/mol. The van der Waals surface area contributed by atoms with Gasteiger partial charge in [0.1, 0.15) is 0 Å². The van der Waals surface area contributed by atoms with E-state index in [4.69, 9.17) is 4.74 Å². The standard InChI is InChI=1S/C20H26F3N5O2.C7H16O.3C2H6/c1-5-28(9-8-27(4)7-6-20(21,22)23)19(30)14-11-15-16(10-13(14)2)25-18(29)12-17(15)26-24-3;1-4-7(2)5-6-8-3;3*1-2/h10-12H,3,5-9H2,1-2,4H3,(H2,25,26,29);7H,4-6H2,1-3H3;3*1-2H3. The SMILES string of the molecule is C=NNc1cc(=O)[nH]c2cc(C)c(C(=O)N(CC)CCN(C)CCC(F)(F)F)cc12.CC.CC.CC.CCC(C)CCOC. The van der Waals surface area contributed by atoms with Gasteiger partial charge in [0.25, 0.3) is 11.5 Å². The van der Waals surface area contributed by atoms with Crippen LogP contribution in [0, 0.1) is 12.8 Å². The first-order chi connectivity index (χ1) is 20.9. The van der Waals surface area contributed by atoms with Crippen molar-refractivity contribution in [3.8, 4) is 0 Å². The molecule has 0 bridgehead atoms. The number of H-pyrrole nitrogens is 1. The molecule has 2 N–H and O–H groups in total. The topological polar surface area (TPSA) is 90.0 Å². The number of pyridine rings is 1. The first kappa shape index (κ1) is 45.5. The number of ether oxygens (including phenoxy) is 1. The van der Waals surface area contributed by atoms with Crippen molar-refractivity contribution in [2.24, 2.45) is 11.0 Å². The van der Waals surface area contributed by atoms with Crippen molar-refractivity contribution in [2.45, 2.75) is 94.7 Å². The number of hydrazone groups is 1. The van der Waals surface area contributed by atoms with Crippen molar-refractivity contribution in [1.29, 1.82) is 0 Å². The highest BCUT2D eigenvalue weighted by molar-refractivity contribution is 6.02. The Morgan fingerprint density at radius 2 is 1.66 bits per heavy atom. The number of rotatable bonds is 13. The van der Waals surface area contributed by atoms with Crippen molar-refractivity contribution in [3.63, 3.8) is 0 Å². The van der Waals surface area contributed by atoms with Crippen LogP contribution in [-0.2, 0) is 4.74 Å². The van der Waals surface area contributed by atoms with Crippen LogP contribution in [0.3, 0.4) is 0 Å². The molecule has 44 heavy (non-hydrogen) atoms. The predicted molar refractivity (Wildman–Crippen MR) is 182 cm³/mol. The van der Waals surface area contributed by atoms with Crippen LogP contribution in [0.4, 0.5) is 18.9 Å². The second-order valence-corrected chi connectivity index (χ2v) is 9.38. The van der Waals surface area contributed by atoms with E-state index in [2.05, 4.69) is 36.1 Å². The monoisotopic (exact) mass is 631 g/mol. The third-order valence-electron chi connectivity index (χ3n) is 6.33. The van der Waals surface area contributed by atoms with E-state index >= 15 is 0 Å². The number of nitrogens with one attached hydrogen (secondary N) is 2. The van der Waals surface area contributed by atoms with E-state index in [1.807, 2.05) is 48.5 Å². The number of aromatic amines is 1. The number of hydrogen-bond acceptors (Lipinski definition) is 6. The Labute approximate surface area is 264 Å². The third kappa shape index (κ3) is 18.7. The molecule has 0 aliphatic rings. The first-order valence-corrected chi connectivity index (χ1v) is 15.8. The number of carbonyl (C=O) groups excluding carboxylic acids is 1. The normalized spacial score (nSPS) is 10.9. The number of fused-ring (bicyclic) bond motifs is 1. The van der Waals surface area contributed by atoms with Crippen LogP contribution < -0.4 is 11.0 Å². The van der Waals surface area contributed by atoms with Gasteiger partial charge in [0, 0.05) is 63.6 Å². The molecule has 0 saturated heterocycles. The minimum Gasteiger partial charge on any atom is -0.385 e. The molecule has 1 amide bonds. The van der Waals surface area contributed by atoms with Crippen molar-refractivity contribution in [2.75, 3.05) is 52.4 Å².